The first-order valence-corrected chi connectivity index (χ1v) is 7.31. The van der Waals surface area contributed by atoms with Crippen LogP contribution in [0.4, 0.5) is 0 Å². The Morgan fingerprint density at radius 3 is 2.59 bits per heavy atom. The molecule has 1 heterocycles. The zero-order chi connectivity index (χ0) is 12.8. The van der Waals surface area contributed by atoms with Crippen molar-refractivity contribution in [3.8, 4) is 0 Å². The number of benzene rings is 1. The molecular weight excluding hydrogens is 236 g/mol. The zero-order valence-electron chi connectivity index (χ0n) is 10.4. The second-order valence-corrected chi connectivity index (χ2v) is 7.64. The fraction of sp³-hybridized carbons (Fsp3) is 0.538. The Balaban J connectivity index is 2.44. The first kappa shape index (κ1) is 12.6. The molecule has 0 saturated heterocycles. The number of rotatable bonds is 2. The van der Waals surface area contributed by atoms with E-state index < -0.39 is 20.7 Å². The third kappa shape index (κ3) is 2.24. The summed E-state index contributed by atoms with van der Waals surface area (Å²) in [4.78, 5) is 0.451. The molecule has 1 aliphatic rings. The quantitative estimate of drug-likeness (QED) is 0.876. The van der Waals surface area contributed by atoms with Crippen molar-refractivity contribution in [1.29, 1.82) is 0 Å². The van der Waals surface area contributed by atoms with E-state index >= 15 is 0 Å². The Labute approximate surface area is 102 Å². The van der Waals surface area contributed by atoms with Crippen LogP contribution in [0.25, 0.3) is 0 Å². The van der Waals surface area contributed by atoms with Gasteiger partial charge in [-0.25, -0.2) is 8.42 Å². The van der Waals surface area contributed by atoms with Gasteiger partial charge in [-0.1, -0.05) is 12.1 Å². The third-order valence-electron chi connectivity index (χ3n) is 3.27. The maximum atomic E-state index is 12.3. The lowest BCUT2D eigenvalue weighted by atomic mass is 9.97. The topological polar surface area (TPSA) is 54.4 Å². The van der Waals surface area contributed by atoms with Gasteiger partial charge >= 0.3 is 0 Å². The molecule has 0 spiro atoms. The third-order valence-corrected chi connectivity index (χ3v) is 5.48. The van der Waals surface area contributed by atoms with Crippen molar-refractivity contribution in [2.24, 2.45) is 0 Å². The minimum atomic E-state index is -3.26. The molecule has 4 heteroatoms. The Kier molecular flexibility index (Phi) is 2.83. The van der Waals surface area contributed by atoms with Crippen molar-refractivity contribution in [1.82, 2.24) is 0 Å². The van der Waals surface area contributed by atoms with Crippen molar-refractivity contribution in [2.45, 2.75) is 49.4 Å². The van der Waals surface area contributed by atoms with Crippen LogP contribution in [-0.4, -0.2) is 24.4 Å². The molecule has 0 saturated carbocycles. The molecule has 0 aromatic heterocycles. The van der Waals surface area contributed by atoms with E-state index in [9.17, 15) is 13.5 Å². The highest BCUT2D eigenvalue weighted by Crippen LogP contribution is 2.36. The standard InChI is InChI=1S/C13H18O3S/c1-9-5-4-6-12-11(9)7-10(17(12,15)16)8-13(2,3)14/h4-6,10,14H,7-8H2,1-3H3. The summed E-state index contributed by atoms with van der Waals surface area (Å²) < 4.78 is 24.6. The normalized spacial score (nSPS) is 22.5. The number of fused-ring (bicyclic) bond motifs is 1. The van der Waals surface area contributed by atoms with Crippen LogP contribution < -0.4 is 0 Å². The molecule has 94 valence electrons. The van der Waals surface area contributed by atoms with Gasteiger partial charge in [0.1, 0.15) is 0 Å². The van der Waals surface area contributed by atoms with Gasteiger partial charge in [-0.15, -0.1) is 0 Å². The molecule has 1 N–H and O–H groups in total. The summed E-state index contributed by atoms with van der Waals surface area (Å²) in [6.07, 6.45) is 0.803. The summed E-state index contributed by atoms with van der Waals surface area (Å²) in [6, 6.07) is 5.38. The lowest BCUT2D eigenvalue weighted by molar-refractivity contribution is 0.0701. The molecule has 1 atom stereocenters. The minimum Gasteiger partial charge on any atom is -0.390 e. The van der Waals surface area contributed by atoms with Gasteiger partial charge in [-0.05, 0) is 50.8 Å². The van der Waals surface area contributed by atoms with Gasteiger partial charge < -0.3 is 5.11 Å². The molecule has 0 radical (unpaired) electrons. The maximum Gasteiger partial charge on any atom is 0.181 e. The minimum absolute atomic E-state index is 0.281. The highest BCUT2D eigenvalue weighted by atomic mass is 32.2. The van der Waals surface area contributed by atoms with E-state index in [4.69, 9.17) is 0 Å². The van der Waals surface area contributed by atoms with E-state index in [0.29, 0.717) is 11.3 Å². The molecule has 1 aliphatic heterocycles. The van der Waals surface area contributed by atoms with Gasteiger partial charge in [-0.3, -0.25) is 0 Å². The summed E-state index contributed by atoms with van der Waals surface area (Å²) in [6.45, 7) is 5.23. The first-order valence-electron chi connectivity index (χ1n) is 5.76. The van der Waals surface area contributed by atoms with Crippen LogP contribution >= 0.6 is 0 Å². The molecular formula is C13H18O3S. The molecule has 2 rings (SSSR count). The van der Waals surface area contributed by atoms with Crippen LogP contribution in [0.5, 0.6) is 0 Å². The zero-order valence-corrected chi connectivity index (χ0v) is 11.2. The predicted molar refractivity (Wildman–Crippen MR) is 66.8 cm³/mol. The van der Waals surface area contributed by atoms with Crippen LogP contribution in [0.1, 0.15) is 31.4 Å². The smallest absolute Gasteiger partial charge is 0.181 e. The van der Waals surface area contributed by atoms with E-state index in [1.54, 1.807) is 26.0 Å². The van der Waals surface area contributed by atoms with Crippen LogP contribution in [0.2, 0.25) is 0 Å². The van der Waals surface area contributed by atoms with E-state index in [-0.39, 0.29) is 6.42 Å². The maximum absolute atomic E-state index is 12.3. The molecule has 1 aromatic carbocycles. The van der Waals surface area contributed by atoms with Crippen molar-refractivity contribution >= 4 is 9.84 Å². The lowest BCUT2D eigenvalue weighted by Crippen LogP contribution is -2.30. The van der Waals surface area contributed by atoms with Crippen molar-refractivity contribution in [2.75, 3.05) is 0 Å². The fourth-order valence-electron chi connectivity index (χ4n) is 2.46. The number of aryl methyl sites for hydroxylation is 1. The van der Waals surface area contributed by atoms with Crippen molar-refractivity contribution < 1.29 is 13.5 Å². The summed E-state index contributed by atoms with van der Waals surface area (Å²) in [7, 11) is -3.26. The van der Waals surface area contributed by atoms with Crippen molar-refractivity contribution in [3.05, 3.63) is 29.3 Å². The molecule has 0 aliphatic carbocycles. The largest absolute Gasteiger partial charge is 0.390 e. The number of hydrogen-bond donors (Lipinski definition) is 1. The molecule has 17 heavy (non-hydrogen) atoms. The van der Waals surface area contributed by atoms with Gasteiger partial charge in [0.05, 0.1) is 15.7 Å². The van der Waals surface area contributed by atoms with E-state index in [0.717, 1.165) is 11.1 Å². The molecule has 0 fully saturated rings. The average molecular weight is 254 g/mol. The molecule has 0 bridgehead atoms. The van der Waals surface area contributed by atoms with Gasteiger partial charge in [0.25, 0.3) is 0 Å². The van der Waals surface area contributed by atoms with Gasteiger partial charge in [0.15, 0.2) is 9.84 Å². The van der Waals surface area contributed by atoms with Crippen LogP contribution in [0.15, 0.2) is 23.1 Å². The number of sulfone groups is 1. The lowest BCUT2D eigenvalue weighted by Gasteiger charge is -2.20. The van der Waals surface area contributed by atoms with Gasteiger partial charge in [-0.2, -0.15) is 0 Å². The fourth-order valence-corrected chi connectivity index (χ4v) is 4.69. The van der Waals surface area contributed by atoms with Gasteiger partial charge in [0, 0.05) is 0 Å². The monoisotopic (exact) mass is 254 g/mol. The molecule has 1 unspecified atom stereocenters. The van der Waals surface area contributed by atoms with Crippen LogP contribution in [0.3, 0.4) is 0 Å². The number of hydrogen-bond acceptors (Lipinski definition) is 3. The van der Waals surface area contributed by atoms with Crippen LogP contribution in [0, 0.1) is 6.92 Å². The second-order valence-electron chi connectivity index (χ2n) is 5.44. The van der Waals surface area contributed by atoms with Gasteiger partial charge in [0.2, 0.25) is 0 Å². The summed E-state index contributed by atoms with van der Waals surface area (Å²) in [5.74, 6) is 0. The summed E-state index contributed by atoms with van der Waals surface area (Å²) >= 11 is 0. The Hall–Kier alpha value is -0.870. The second kappa shape index (κ2) is 3.82. The molecule has 3 nitrogen and oxygen atoms in total. The SMILES string of the molecule is Cc1cccc2c1CC(CC(C)(C)O)S2(=O)=O. The average Bonchev–Trinajstić information content (AvgIpc) is 2.39. The highest BCUT2D eigenvalue weighted by molar-refractivity contribution is 7.92. The van der Waals surface area contributed by atoms with E-state index in [1.807, 2.05) is 13.0 Å². The Morgan fingerprint density at radius 2 is 2.06 bits per heavy atom. The number of aliphatic hydroxyl groups is 1. The summed E-state index contributed by atoms with van der Waals surface area (Å²) in [5.41, 5.74) is 0.985. The first-order chi connectivity index (χ1) is 7.72. The Morgan fingerprint density at radius 1 is 1.41 bits per heavy atom. The predicted octanol–water partition coefficient (Wildman–Crippen LogP) is 1.85. The van der Waals surface area contributed by atoms with E-state index in [2.05, 4.69) is 0 Å². The Bertz CT molecular complexity index is 538. The molecule has 1 aromatic rings. The van der Waals surface area contributed by atoms with Crippen LogP contribution in [-0.2, 0) is 16.3 Å². The van der Waals surface area contributed by atoms with Crippen molar-refractivity contribution in [3.63, 3.8) is 0 Å². The highest BCUT2D eigenvalue weighted by Gasteiger charge is 2.39. The molecule has 0 amide bonds. The summed E-state index contributed by atoms with van der Waals surface area (Å²) in [5, 5.41) is 9.31. The van der Waals surface area contributed by atoms with E-state index in [1.165, 1.54) is 0 Å².